The zero-order valence-electron chi connectivity index (χ0n) is 7.43. The molecule has 0 aromatic carbocycles. The van der Waals surface area contributed by atoms with Gasteiger partial charge in [0.2, 0.25) is 0 Å². The quantitative estimate of drug-likeness (QED) is 0.417. The van der Waals surface area contributed by atoms with Crippen LogP contribution in [0.2, 0.25) is 0 Å². The van der Waals surface area contributed by atoms with Gasteiger partial charge in [0.1, 0.15) is 0 Å². The van der Waals surface area contributed by atoms with Crippen molar-refractivity contribution in [2.45, 2.75) is 20.3 Å². The molecule has 1 aliphatic rings. The summed E-state index contributed by atoms with van der Waals surface area (Å²) in [6, 6.07) is 0. The molecule has 0 aliphatic heterocycles. The van der Waals surface area contributed by atoms with E-state index in [2.05, 4.69) is 44.9 Å². The fraction of sp³-hybridized carbons (Fsp3) is 0.545. The molecule has 0 heteroatoms. The minimum absolute atomic E-state index is 0.381. The molecule has 60 valence electrons. The first-order chi connectivity index (χ1) is 5.12. The molecule has 1 saturated carbocycles. The van der Waals surface area contributed by atoms with Crippen LogP contribution in [0.25, 0.3) is 0 Å². The van der Waals surface area contributed by atoms with E-state index in [1.54, 1.807) is 0 Å². The Morgan fingerprint density at radius 3 is 2.45 bits per heavy atom. The van der Waals surface area contributed by atoms with Crippen molar-refractivity contribution in [1.82, 2.24) is 0 Å². The smallest absolute Gasteiger partial charge is 0.00949 e. The minimum Gasteiger partial charge on any atom is -0.133 e. The molecule has 1 fully saturated rings. The summed E-state index contributed by atoms with van der Waals surface area (Å²) in [6.45, 7) is 12.0. The second kappa shape index (κ2) is 2.71. The van der Waals surface area contributed by atoms with E-state index >= 15 is 0 Å². The molecule has 0 radical (unpaired) electrons. The molecule has 1 aliphatic carbocycles. The first-order valence-electron chi connectivity index (χ1n) is 4.11. The second-order valence-electron chi connectivity index (χ2n) is 3.88. The lowest BCUT2D eigenvalue weighted by Crippen LogP contribution is -2.42. The first kappa shape index (κ1) is 8.36. The van der Waals surface area contributed by atoms with E-state index in [9.17, 15) is 0 Å². The van der Waals surface area contributed by atoms with E-state index in [1.807, 2.05) is 0 Å². The molecular weight excluding hydrogens is 132 g/mol. The van der Waals surface area contributed by atoms with E-state index in [4.69, 9.17) is 0 Å². The molecule has 1 rings (SSSR count). The monoisotopic (exact) mass is 148 g/mol. The summed E-state index contributed by atoms with van der Waals surface area (Å²) in [4.78, 5) is 0. The van der Waals surface area contributed by atoms with Crippen LogP contribution in [0.3, 0.4) is 0 Å². The molecule has 2 unspecified atom stereocenters. The van der Waals surface area contributed by atoms with Crippen molar-refractivity contribution in [2.75, 3.05) is 0 Å². The van der Waals surface area contributed by atoms with Crippen LogP contribution in [0.5, 0.6) is 0 Å². The lowest BCUT2D eigenvalue weighted by molar-refractivity contribution is 0.0476. The Hall–Kier alpha value is -0.740. The number of hydrogen-bond acceptors (Lipinski definition) is 0. The van der Waals surface area contributed by atoms with Crippen LogP contribution >= 0.6 is 0 Å². The summed E-state index contributed by atoms with van der Waals surface area (Å²) in [5, 5.41) is 0. The predicted octanol–water partition coefficient (Wildman–Crippen LogP) is 3.18. The first-order valence-corrected chi connectivity index (χ1v) is 4.11. The van der Waals surface area contributed by atoms with Crippen LogP contribution in [0.4, 0.5) is 0 Å². The number of hydrogen-bond donors (Lipinski definition) is 0. The maximum absolute atomic E-state index is 3.82. The van der Waals surface area contributed by atoms with Gasteiger partial charge in [-0.3, -0.25) is 0 Å². The van der Waals surface area contributed by atoms with Crippen LogP contribution in [0.15, 0.2) is 31.0 Å². The molecular formula is C11H16. The topological polar surface area (TPSA) is 0 Å². The average molecular weight is 148 g/mol. The fourth-order valence-corrected chi connectivity index (χ4v) is 1.82. The maximum atomic E-state index is 3.82. The molecule has 0 amide bonds. The Bertz CT molecular complexity index is 204. The van der Waals surface area contributed by atoms with Crippen molar-refractivity contribution in [3.05, 3.63) is 31.0 Å². The summed E-state index contributed by atoms with van der Waals surface area (Å²) >= 11 is 0. The molecule has 0 aromatic rings. The van der Waals surface area contributed by atoms with Gasteiger partial charge in [-0.15, -0.1) is 12.3 Å². The molecule has 0 heterocycles. The highest BCUT2D eigenvalue weighted by molar-refractivity contribution is 5.10. The Labute approximate surface area is 69.3 Å². The summed E-state index contributed by atoms with van der Waals surface area (Å²) < 4.78 is 0. The largest absolute Gasteiger partial charge is 0.133 e. The molecule has 0 nitrogen and oxygen atoms in total. The Morgan fingerprint density at radius 2 is 2.09 bits per heavy atom. The molecule has 0 spiro atoms. The van der Waals surface area contributed by atoms with E-state index in [0.29, 0.717) is 17.3 Å². The standard InChI is InChI=1S/C11H16/c1-5-7-10-8-9(6-2)11(10,3)4/h6-7,9-10H,1-2,8H2,3-4H3. The Kier molecular flexibility index (Phi) is 2.06. The number of rotatable bonds is 2. The van der Waals surface area contributed by atoms with Gasteiger partial charge >= 0.3 is 0 Å². The van der Waals surface area contributed by atoms with Gasteiger partial charge in [-0.1, -0.05) is 26.5 Å². The van der Waals surface area contributed by atoms with Crippen LogP contribution in [-0.2, 0) is 0 Å². The van der Waals surface area contributed by atoms with E-state index in [-0.39, 0.29) is 0 Å². The summed E-state index contributed by atoms with van der Waals surface area (Å²) in [5.41, 5.74) is 3.24. The molecule has 0 bridgehead atoms. The van der Waals surface area contributed by atoms with Gasteiger partial charge in [-0.05, 0) is 29.7 Å². The molecule has 0 aromatic heterocycles. The van der Waals surface area contributed by atoms with Crippen molar-refractivity contribution in [2.24, 2.45) is 17.3 Å². The fourth-order valence-electron chi connectivity index (χ4n) is 1.82. The zero-order chi connectivity index (χ0) is 8.48. The number of allylic oxidation sites excluding steroid dienone is 2. The van der Waals surface area contributed by atoms with Gasteiger partial charge in [0.05, 0.1) is 0 Å². The van der Waals surface area contributed by atoms with Crippen LogP contribution in [-0.4, -0.2) is 0 Å². The molecule has 0 saturated heterocycles. The summed E-state index contributed by atoms with van der Waals surface area (Å²) in [5.74, 6) is 1.33. The summed E-state index contributed by atoms with van der Waals surface area (Å²) in [6.07, 6.45) is 5.37. The van der Waals surface area contributed by atoms with Gasteiger partial charge in [0, 0.05) is 0 Å². The third-order valence-corrected chi connectivity index (χ3v) is 3.02. The predicted molar refractivity (Wildman–Crippen MR) is 49.3 cm³/mol. The third-order valence-electron chi connectivity index (χ3n) is 3.02. The average Bonchev–Trinajstić information content (AvgIpc) is 1.97. The summed E-state index contributed by atoms with van der Waals surface area (Å²) in [7, 11) is 0. The third kappa shape index (κ3) is 1.19. The zero-order valence-corrected chi connectivity index (χ0v) is 7.43. The van der Waals surface area contributed by atoms with Gasteiger partial charge in [-0.2, -0.15) is 0 Å². The van der Waals surface area contributed by atoms with Gasteiger partial charge < -0.3 is 0 Å². The molecule has 11 heavy (non-hydrogen) atoms. The van der Waals surface area contributed by atoms with Crippen molar-refractivity contribution >= 4 is 0 Å². The molecule has 2 atom stereocenters. The SMILES string of the molecule is C=C=CC1CC(C=C)C1(C)C. The van der Waals surface area contributed by atoms with E-state index in [0.717, 1.165) is 0 Å². The minimum atomic E-state index is 0.381. The van der Waals surface area contributed by atoms with Crippen LogP contribution < -0.4 is 0 Å². The lowest BCUT2D eigenvalue weighted by atomic mass is 9.55. The van der Waals surface area contributed by atoms with Crippen molar-refractivity contribution in [3.8, 4) is 0 Å². The maximum Gasteiger partial charge on any atom is -0.00949 e. The molecule has 0 N–H and O–H groups in total. The Morgan fingerprint density at radius 1 is 1.45 bits per heavy atom. The van der Waals surface area contributed by atoms with E-state index < -0.39 is 0 Å². The van der Waals surface area contributed by atoms with Gasteiger partial charge in [-0.25, -0.2) is 0 Å². The highest BCUT2D eigenvalue weighted by Crippen LogP contribution is 2.52. The highest BCUT2D eigenvalue weighted by Gasteiger charge is 2.44. The Balaban J connectivity index is 2.67. The van der Waals surface area contributed by atoms with E-state index in [1.165, 1.54) is 6.42 Å². The van der Waals surface area contributed by atoms with Crippen molar-refractivity contribution < 1.29 is 0 Å². The van der Waals surface area contributed by atoms with Crippen LogP contribution in [0.1, 0.15) is 20.3 Å². The highest BCUT2D eigenvalue weighted by atomic mass is 14.5. The van der Waals surface area contributed by atoms with Crippen molar-refractivity contribution in [3.63, 3.8) is 0 Å². The van der Waals surface area contributed by atoms with Gasteiger partial charge in [0.25, 0.3) is 0 Å². The van der Waals surface area contributed by atoms with Crippen molar-refractivity contribution in [1.29, 1.82) is 0 Å². The van der Waals surface area contributed by atoms with Gasteiger partial charge in [0.15, 0.2) is 0 Å². The normalized spacial score (nSPS) is 33.3. The lowest BCUT2D eigenvalue weighted by Gasteiger charge is -2.49. The second-order valence-corrected chi connectivity index (χ2v) is 3.88. The van der Waals surface area contributed by atoms with Crippen LogP contribution in [0, 0.1) is 17.3 Å².